The summed E-state index contributed by atoms with van der Waals surface area (Å²) in [4.78, 5) is 22.4. The molecule has 1 fully saturated rings. The van der Waals surface area contributed by atoms with Gasteiger partial charge in [0, 0.05) is 12.5 Å². The van der Waals surface area contributed by atoms with E-state index in [9.17, 15) is 9.59 Å². The minimum absolute atomic E-state index is 0.0494. The number of hydrogen-bond donors (Lipinski definition) is 3. The Balaban J connectivity index is 2.30. The van der Waals surface area contributed by atoms with Gasteiger partial charge in [-0.3, -0.25) is 9.59 Å². The quantitative estimate of drug-likeness (QED) is 0.577. The third-order valence-electron chi connectivity index (χ3n) is 3.04. The summed E-state index contributed by atoms with van der Waals surface area (Å²) < 4.78 is 0. The van der Waals surface area contributed by atoms with Gasteiger partial charge < -0.3 is 16.2 Å². The van der Waals surface area contributed by atoms with Crippen molar-refractivity contribution in [2.75, 3.05) is 6.54 Å². The molecule has 1 amide bonds. The SMILES string of the molecule is NCCCCC(=O)NC1CCCC1C(=O)O. The molecule has 1 aliphatic rings. The first-order valence-electron chi connectivity index (χ1n) is 5.87. The summed E-state index contributed by atoms with van der Waals surface area (Å²) in [6.45, 7) is 0.592. The highest BCUT2D eigenvalue weighted by atomic mass is 16.4. The highest BCUT2D eigenvalue weighted by Crippen LogP contribution is 2.25. The van der Waals surface area contributed by atoms with Gasteiger partial charge in [-0.15, -0.1) is 0 Å². The van der Waals surface area contributed by atoms with Gasteiger partial charge in [-0.2, -0.15) is 0 Å². The van der Waals surface area contributed by atoms with E-state index in [1.54, 1.807) is 0 Å². The third-order valence-corrected chi connectivity index (χ3v) is 3.04. The lowest BCUT2D eigenvalue weighted by Gasteiger charge is -2.17. The van der Waals surface area contributed by atoms with Crippen LogP contribution in [0.3, 0.4) is 0 Å². The Bertz CT molecular complexity index is 256. The molecule has 1 saturated carbocycles. The first-order valence-corrected chi connectivity index (χ1v) is 5.87. The summed E-state index contributed by atoms with van der Waals surface area (Å²) in [6, 6.07) is -0.178. The Morgan fingerprint density at radius 1 is 1.31 bits per heavy atom. The van der Waals surface area contributed by atoms with E-state index in [4.69, 9.17) is 10.8 Å². The maximum absolute atomic E-state index is 11.5. The van der Waals surface area contributed by atoms with Crippen LogP contribution in [0, 0.1) is 5.92 Å². The Labute approximate surface area is 95.4 Å². The average molecular weight is 228 g/mol. The second kappa shape index (κ2) is 6.48. The van der Waals surface area contributed by atoms with Gasteiger partial charge in [0.1, 0.15) is 0 Å². The normalized spacial score (nSPS) is 24.3. The zero-order chi connectivity index (χ0) is 12.0. The molecule has 92 valence electrons. The number of carbonyl (C=O) groups excluding carboxylic acids is 1. The average Bonchev–Trinajstić information content (AvgIpc) is 2.66. The van der Waals surface area contributed by atoms with Crippen molar-refractivity contribution in [1.29, 1.82) is 0 Å². The summed E-state index contributed by atoms with van der Waals surface area (Å²) in [5, 5.41) is 11.8. The Morgan fingerprint density at radius 2 is 2.06 bits per heavy atom. The standard InChI is InChI=1S/C11H20N2O3/c12-7-2-1-6-10(14)13-9-5-3-4-8(9)11(15)16/h8-9H,1-7,12H2,(H,13,14)(H,15,16). The smallest absolute Gasteiger partial charge is 0.308 e. The first kappa shape index (κ1) is 13.0. The van der Waals surface area contributed by atoms with Crippen molar-refractivity contribution >= 4 is 11.9 Å². The van der Waals surface area contributed by atoms with Crippen LogP contribution < -0.4 is 11.1 Å². The monoisotopic (exact) mass is 228 g/mol. The molecule has 0 spiro atoms. The molecular formula is C11H20N2O3. The first-order chi connectivity index (χ1) is 7.65. The Morgan fingerprint density at radius 3 is 2.69 bits per heavy atom. The highest BCUT2D eigenvalue weighted by Gasteiger charge is 2.33. The molecule has 2 unspecified atom stereocenters. The van der Waals surface area contributed by atoms with Crippen LogP contribution in [0.2, 0.25) is 0 Å². The van der Waals surface area contributed by atoms with Gasteiger partial charge in [0.2, 0.25) is 5.91 Å². The van der Waals surface area contributed by atoms with Gasteiger partial charge >= 0.3 is 5.97 Å². The van der Waals surface area contributed by atoms with E-state index in [2.05, 4.69) is 5.32 Å². The number of nitrogens with one attached hydrogen (secondary N) is 1. The van der Waals surface area contributed by atoms with Gasteiger partial charge in [-0.1, -0.05) is 6.42 Å². The predicted molar refractivity (Wildman–Crippen MR) is 59.8 cm³/mol. The number of carbonyl (C=O) groups is 2. The Kier molecular flexibility index (Phi) is 5.25. The van der Waals surface area contributed by atoms with Gasteiger partial charge in [0.05, 0.1) is 5.92 Å². The Hall–Kier alpha value is -1.10. The van der Waals surface area contributed by atoms with Crippen molar-refractivity contribution in [3.05, 3.63) is 0 Å². The maximum atomic E-state index is 11.5. The molecule has 0 heterocycles. The van der Waals surface area contributed by atoms with Crippen LogP contribution in [0.15, 0.2) is 0 Å². The minimum Gasteiger partial charge on any atom is -0.481 e. The van der Waals surface area contributed by atoms with Crippen LogP contribution in [-0.4, -0.2) is 29.6 Å². The van der Waals surface area contributed by atoms with Crippen molar-refractivity contribution in [2.45, 2.75) is 44.6 Å². The number of aliphatic carboxylic acids is 1. The van der Waals surface area contributed by atoms with Crippen LogP contribution in [0.4, 0.5) is 0 Å². The fourth-order valence-corrected chi connectivity index (χ4v) is 2.14. The van der Waals surface area contributed by atoms with E-state index in [-0.39, 0.29) is 11.9 Å². The van der Waals surface area contributed by atoms with Gasteiger partial charge in [0.15, 0.2) is 0 Å². The van der Waals surface area contributed by atoms with Crippen molar-refractivity contribution in [3.63, 3.8) is 0 Å². The third kappa shape index (κ3) is 3.81. The van der Waals surface area contributed by atoms with Crippen molar-refractivity contribution in [3.8, 4) is 0 Å². The van der Waals surface area contributed by atoms with Crippen molar-refractivity contribution in [2.24, 2.45) is 11.7 Å². The number of carboxylic acid groups (broad SMARTS) is 1. The molecule has 16 heavy (non-hydrogen) atoms. The molecule has 1 rings (SSSR count). The van der Waals surface area contributed by atoms with E-state index in [1.807, 2.05) is 0 Å². The molecule has 4 N–H and O–H groups in total. The number of carboxylic acids is 1. The number of amides is 1. The summed E-state index contributed by atoms with van der Waals surface area (Å²) >= 11 is 0. The molecule has 0 aromatic heterocycles. The molecular weight excluding hydrogens is 208 g/mol. The molecule has 0 saturated heterocycles. The molecule has 0 aliphatic heterocycles. The molecule has 2 atom stereocenters. The second-order valence-electron chi connectivity index (χ2n) is 4.30. The fraction of sp³-hybridized carbons (Fsp3) is 0.818. The zero-order valence-electron chi connectivity index (χ0n) is 9.45. The topological polar surface area (TPSA) is 92.4 Å². The van der Waals surface area contributed by atoms with Crippen LogP contribution in [0.5, 0.6) is 0 Å². The lowest BCUT2D eigenvalue weighted by Crippen LogP contribution is -2.40. The maximum Gasteiger partial charge on any atom is 0.308 e. The van der Waals surface area contributed by atoms with E-state index in [1.165, 1.54) is 0 Å². The number of hydrogen-bond acceptors (Lipinski definition) is 3. The van der Waals surface area contributed by atoms with Gasteiger partial charge in [-0.25, -0.2) is 0 Å². The lowest BCUT2D eigenvalue weighted by atomic mass is 10.0. The summed E-state index contributed by atoms with van der Waals surface area (Å²) in [5.74, 6) is -1.25. The van der Waals surface area contributed by atoms with Crippen LogP contribution in [0.1, 0.15) is 38.5 Å². The second-order valence-corrected chi connectivity index (χ2v) is 4.30. The van der Waals surface area contributed by atoms with E-state index < -0.39 is 11.9 Å². The number of unbranched alkanes of at least 4 members (excludes halogenated alkanes) is 1. The molecule has 0 bridgehead atoms. The summed E-state index contributed by atoms with van der Waals surface area (Å²) in [7, 11) is 0. The molecule has 5 nitrogen and oxygen atoms in total. The molecule has 0 radical (unpaired) electrons. The van der Waals surface area contributed by atoms with Crippen LogP contribution in [0.25, 0.3) is 0 Å². The fourth-order valence-electron chi connectivity index (χ4n) is 2.14. The van der Waals surface area contributed by atoms with E-state index in [0.29, 0.717) is 19.4 Å². The molecule has 5 heteroatoms. The zero-order valence-corrected chi connectivity index (χ0v) is 9.45. The van der Waals surface area contributed by atoms with Crippen LogP contribution in [-0.2, 0) is 9.59 Å². The highest BCUT2D eigenvalue weighted by molar-refractivity contribution is 5.78. The minimum atomic E-state index is -0.801. The van der Waals surface area contributed by atoms with Gasteiger partial charge in [0.25, 0.3) is 0 Å². The van der Waals surface area contributed by atoms with E-state index >= 15 is 0 Å². The number of rotatable bonds is 6. The number of nitrogens with two attached hydrogens (primary N) is 1. The van der Waals surface area contributed by atoms with Crippen LogP contribution >= 0.6 is 0 Å². The van der Waals surface area contributed by atoms with Crippen molar-refractivity contribution in [1.82, 2.24) is 5.32 Å². The lowest BCUT2D eigenvalue weighted by molar-refractivity contribution is -0.142. The van der Waals surface area contributed by atoms with E-state index in [0.717, 1.165) is 25.7 Å². The molecule has 0 aromatic rings. The summed E-state index contributed by atoms with van der Waals surface area (Å²) in [5.41, 5.74) is 5.33. The summed E-state index contributed by atoms with van der Waals surface area (Å²) in [6.07, 6.45) is 4.38. The van der Waals surface area contributed by atoms with Gasteiger partial charge in [-0.05, 0) is 32.2 Å². The molecule has 0 aromatic carbocycles. The predicted octanol–water partition coefficient (Wildman–Crippen LogP) is 0.485. The van der Waals surface area contributed by atoms with Crippen molar-refractivity contribution < 1.29 is 14.7 Å². The largest absolute Gasteiger partial charge is 0.481 e. The molecule has 1 aliphatic carbocycles.